The molecule has 0 aromatic heterocycles. The molecular formula is C27H24N2O6. The second kappa shape index (κ2) is 9.60. The number of hydrogen-bond donors (Lipinski definition) is 1. The lowest BCUT2D eigenvalue weighted by Crippen LogP contribution is -2.36. The van der Waals surface area contributed by atoms with Crippen molar-refractivity contribution in [3.05, 3.63) is 83.4 Å². The summed E-state index contributed by atoms with van der Waals surface area (Å²) in [5.41, 5.74) is 1.68. The fourth-order valence-electron chi connectivity index (χ4n) is 4.23. The molecule has 0 bridgehead atoms. The van der Waals surface area contributed by atoms with Gasteiger partial charge in [-0.3, -0.25) is 19.3 Å². The number of nitrogens with zero attached hydrogens (tertiary/aromatic N) is 1. The smallest absolute Gasteiger partial charge is 0.261 e. The summed E-state index contributed by atoms with van der Waals surface area (Å²) in [6.45, 7) is 0.919. The van der Waals surface area contributed by atoms with Crippen LogP contribution in [0.4, 0.5) is 5.69 Å². The zero-order chi connectivity index (χ0) is 24.4. The standard InChI is InChI=1S/C27H24N2O6/c1-33-19-7-2-5-17(13-19)25(30)28-18-6-3-8-20(14-18)35-21-10-11-23-24(15-21)27(32)29(26(23)31)16-22-9-4-12-34-22/h2-3,5-8,10-11,13-15,22H,4,9,12,16H2,1H3,(H,28,30). The molecule has 3 amide bonds. The highest BCUT2D eigenvalue weighted by atomic mass is 16.5. The first-order valence-corrected chi connectivity index (χ1v) is 11.4. The number of benzene rings is 3. The summed E-state index contributed by atoms with van der Waals surface area (Å²) in [6, 6.07) is 18.6. The molecule has 1 unspecified atom stereocenters. The van der Waals surface area contributed by atoms with Crippen LogP contribution in [0.15, 0.2) is 66.7 Å². The van der Waals surface area contributed by atoms with Crippen LogP contribution >= 0.6 is 0 Å². The number of carbonyl (C=O) groups excluding carboxylic acids is 3. The molecule has 2 aliphatic rings. The van der Waals surface area contributed by atoms with E-state index in [1.807, 2.05) is 0 Å². The Kier molecular flexibility index (Phi) is 6.20. The number of ether oxygens (including phenoxy) is 3. The minimum atomic E-state index is -0.342. The maximum atomic E-state index is 12.9. The van der Waals surface area contributed by atoms with Crippen LogP contribution in [-0.4, -0.2) is 49.0 Å². The van der Waals surface area contributed by atoms with E-state index in [0.29, 0.717) is 46.2 Å². The van der Waals surface area contributed by atoms with Crippen LogP contribution in [0.2, 0.25) is 0 Å². The Morgan fingerprint density at radius 3 is 2.54 bits per heavy atom. The predicted molar refractivity (Wildman–Crippen MR) is 128 cm³/mol. The zero-order valence-electron chi connectivity index (χ0n) is 19.2. The average molecular weight is 472 g/mol. The maximum absolute atomic E-state index is 12.9. The second-order valence-electron chi connectivity index (χ2n) is 8.38. The van der Waals surface area contributed by atoms with E-state index in [1.54, 1.807) is 73.8 Å². The summed E-state index contributed by atoms with van der Waals surface area (Å²) in [5.74, 6) is 0.545. The van der Waals surface area contributed by atoms with E-state index < -0.39 is 0 Å². The molecule has 5 rings (SSSR count). The fraction of sp³-hybridized carbons (Fsp3) is 0.222. The highest BCUT2D eigenvalue weighted by Crippen LogP contribution is 2.31. The SMILES string of the molecule is COc1cccc(C(=O)Nc2cccc(Oc3ccc4c(c3)C(=O)N(CC3CCCO3)C4=O)c2)c1. The number of methoxy groups -OCH3 is 1. The Morgan fingerprint density at radius 1 is 0.971 bits per heavy atom. The van der Waals surface area contributed by atoms with E-state index in [0.717, 1.165) is 12.8 Å². The van der Waals surface area contributed by atoms with Gasteiger partial charge in [-0.25, -0.2) is 0 Å². The van der Waals surface area contributed by atoms with Crippen molar-refractivity contribution in [1.82, 2.24) is 4.90 Å². The first kappa shape index (κ1) is 22.6. The molecule has 1 saturated heterocycles. The third-order valence-electron chi connectivity index (χ3n) is 6.01. The number of imide groups is 1. The Hall–Kier alpha value is -4.17. The molecule has 1 fully saturated rings. The van der Waals surface area contributed by atoms with E-state index in [4.69, 9.17) is 14.2 Å². The molecule has 178 valence electrons. The minimum absolute atomic E-state index is 0.108. The first-order valence-electron chi connectivity index (χ1n) is 11.4. The summed E-state index contributed by atoms with van der Waals surface area (Å²) in [7, 11) is 1.54. The van der Waals surface area contributed by atoms with Crippen LogP contribution in [0, 0.1) is 0 Å². The molecule has 3 aromatic rings. The Morgan fingerprint density at radius 2 is 1.74 bits per heavy atom. The van der Waals surface area contributed by atoms with Gasteiger partial charge >= 0.3 is 0 Å². The summed E-state index contributed by atoms with van der Waals surface area (Å²) < 4.78 is 16.7. The van der Waals surface area contributed by atoms with Crippen LogP contribution in [0.1, 0.15) is 43.9 Å². The van der Waals surface area contributed by atoms with Gasteiger partial charge in [0.2, 0.25) is 0 Å². The van der Waals surface area contributed by atoms with Crippen LogP contribution in [-0.2, 0) is 4.74 Å². The van der Waals surface area contributed by atoms with Crippen LogP contribution < -0.4 is 14.8 Å². The molecule has 1 atom stereocenters. The largest absolute Gasteiger partial charge is 0.497 e. The topological polar surface area (TPSA) is 94.2 Å². The molecule has 1 N–H and O–H groups in total. The zero-order valence-corrected chi connectivity index (χ0v) is 19.2. The molecule has 0 aliphatic carbocycles. The van der Waals surface area contributed by atoms with E-state index in [-0.39, 0.29) is 30.4 Å². The molecule has 2 aliphatic heterocycles. The lowest BCUT2D eigenvalue weighted by atomic mass is 10.1. The molecular weight excluding hydrogens is 448 g/mol. The number of nitrogens with one attached hydrogen (secondary N) is 1. The molecule has 35 heavy (non-hydrogen) atoms. The normalized spacial score (nSPS) is 16.8. The molecule has 8 nitrogen and oxygen atoms in total. The monoisotopic (exact) mass is 472 g/mol. The van der Waals surface area contributed by atoms with Gasteiger partial charge in [0.25, 0.3) is 17.7 Å². The lowest BCUT2D eigenvalue weighted by Gasteiger charge is -2.17. The van der Waals surface area contributed by atoms with Crippen molar-refractivity contribution in [3.63, 3.8) is 0 Å². The van der Waals surface area contributed by atoms with Crippen molar-refractivity contribution in [1.29, 1.82) is 0 Å². The first-order chi connectivity index (χ1) is 17.0. The Labute approximate surface area is 202 Å². The van der Waals surface area contributed by atoms with E-state index in [2.05, 4.69) is 5.32 Å². The fourth-order valence-corrected chi connectivity index (χ4v) is 4.23. The van der Waals surface area contributed by atoms with Gasteiger partial charge in [0.15, 0.2) is 0 Å². The number of amides is 3. The van der Waals surface area contributed by atoms with Gasteiger partial charge in [0.05, 0.1) is 30.9 Å². The average Bonchev–Trinajstić information content (AvgIpc) is 3.47. The summed E-state index contributed by atoms with van der Waals surface area (Å²) >= 11 is 0. The molecule has 0 saturated carbocycles. The van der Waals surface area contributed by atoms with E-state index in [1.165, 1.54) is 4.90 Å². The molecule has 2 heterocycles. The van der Waals surface area contributed by atoms with Gasteiger partial charge in [0, 0.05) is 23.9 Å². The second-order valence-corrected chi connectivity index (χ2v) is 8.38. The van der Waals surface area contributed by atoms with E-state index >= 15 is 0 Å². The van der Waals surface area contributed by atoms with E-state index in [9.17, 15) is 14.4 Å². The van der Waals surface area contributed by atoms with Crippen LogP contribution in [0.25, 0.3) is 0 Å². The molecule has 0 spiro atoms. The van der Waals surface area contributed by atoms with Gasteiger partial charge in [0.1, 0.15) is 17.2 Å². The summed E-state index contributed by atoms with van der Waals surface area (Å²) in [6.07, 6.45) is 1.67. The van der Waals surface area contributed by atoms with Gasteiger partial charge in [-0.1, -0.05) is 12.1 Å². The van der Waals surface area contributed by atoms with Crippen molar-refractivity contribution in [3.8, 4) is 17.2 Å². The summed E-state index contributed by atoms with van der Waals surface area (Å²) in [5, 5.41) is 2.84. The minimum Gasteiger partial charge on any atom is -0.497 e. The van der Waals surface area contributed by atoms with Crippen molar-refractivity contribution in [2.75, 3.05) is 25.6 Å². The van der Waals surface area contributed by atoms with Crippen molar-refractivity contribution in [2.45, 2.75) is 18.9 Å². The Balaban J connectivity index is 1.29. The third-order valence-corrected chi connectivity index (χ3v) is 6.01. The van der Waals surface area contributed by atoms with Crippen molar-refractivity contribution in [2.24, 2.45) is 0 Å². The third kappa shape index (κ3) is 4.74. The van der Waals surface area contributed by atoms with Gasteiger partial charge in [-0.15, -0.1) is 0 Å². The number of rotatable bonds is 7. The number of carbonyl (C=O) groups is 3. The molecule has 8 heteroatoms. The van der Waals surface area contributed by atoms with Crippen molar-refractivity contribution < 1.29 is 28.6 Å². The van der Waals surface area contributed by atoms with Gasteiger partial charge < -0.3 is 19.5 Å². The van der Waals surface area contributed by atoms with Crippen molar-refractivity contribution >= 4 is 23.4 Å². The summed E-state index contributed by atoms with van der Waals surface area (Å²) in [4.78, 5) is 39.5. The van der Waals surface area contributed by atoms with Gasteiger partial charge in [-0.2, -0.15) is 0 Å². The Bertz CT molecular complexity index is 1300. The number of fused-ring (bicyclic) bond motifs is 1. The highest BCUT2D eigenvalue weighted by Gasteiger charge is 2.37. The lowest BCUT2D eigenvalue weighted by molar-refractivity contribution is 0.0475. The molecule has 0 radical (unpaired) electrons. The molecule has 3 aromatic carbocycles. The highest BCUT2D eigenvalue weighted by molar-refractivity contribution is 6.21. The predicted octanol–water partition coefficient (Wildman–Crippen LogP) is 4.51. The van der Waals surface area contributed by atoms with Crippen LogP contribution in [0.5, 0.6) is 17.2 Å². The van der Waals surface area contributed by atoms with Crippen LogP contribution in [0.3, 0.4) is 0 Å². The van der Waals surface area contributed by atoms with Gasteiger partial charge in [-0.05, 0) is 61.4 Å². The number of hydrogen-bond acceptors (Lipinski definition) is 6. The maximum Gasteiger partial charge on any atom is 0.261 e. The quantitative estimate of drug-likeness (QED) is 0.509. The number of anilines is 1.